The second-order valence-corrected chi connectivity index (χ2v) is 17.4. The van der Waals surface area contributed by atoms with E-state index >= 15 is 0 Å². The zero-order chi connectivity index (χ0) is 39.5. The van der Waals surface area contributed by atoms with Crippen molar-refractivity contribution >= 4 is 74.6 Å². The molecule has 1 aliphatic carbocycles. The summed E-state index contributed by atoms with van der Waals surface area (Å²) >= 11 is 1.92. The Balaban J connectivity index is 1.15. The Labute approximate surface area is 352 Å². The zero-order valence-corrected chi connectivity index (χ0v) is 33.8. The summed E-state index contributed by atoms with van der Waals surface area (Å²) in [5.41, 5.74) is 16.7. The van der Waals surface area contributed by atoms with Crippen LogP contribution in [0.3, 0.4) is 0 Å². The maximum atomic E-state index is 2.49. The van der Waals surface area contributed by atoms with Crippen LogP contribution in [0.2, 0.25) is 0 Å². The van der Waals surface area contributed by atoms with Crippen LogP contribution in [0.25, 0.3) is 130 Å². The van der Waals surface area contributed by atoms with E-state index in [4.69, 9.17) is 0 Å². The van der Waals surface area contributed by atoms with Gasteiger partial charge in [0.2, 0.25) is 0 Å². The van der Waals surface area contributed by atoms with Crippen molar-refractivity contribution in [2.24, 2.45) is 0 Å². The van der Waals surface area contributed by atoms with Crippen molar-refractivity contribution in [1.29, 1.82) is 0 Å². The van der Waals surface area contributed by atoms with Crippen LogP contribution in [0.5, 0.6) is 0 Å². The predicted molar refractivity (Wildman–Crippen MR) is 260 cm³/mol. The second kappa shape index (κ2) is 12.8. The zero-order valence-electron chi connectivity index (χ0n) is 33.0. The molecule has 0 spiro atoms. The molecule has 60 heavy (non-hydrogen) atoms. The van der Waals surface area contributed by atoms with E-state index in [2.05, 4.69) is 207 Å². The van der Waals surface area contributed by atoms with E-state index in [0.29, 0.717) is 0 Å². The summed E-state index contributed by atoms with van der Waals surface area (Å²) in [6, 6.07) is 75.1. The van der Waals surface area contributed by atoms with E-state index in [1.807, 2.05) is 11.3 Å². The molecule has 1 heteroatoms. The monoisotopic (exact) mass is 776 g/mol. The summed E-state index contributed by atoms with van der Waals surface area (Å²) in [6.07, 6.45) is 0. The summed E-state index contributed by atoms with van der Waals surface area (Å²) in [4.78, 5) is 0. The number of thiophene rings is 1. The van der Waals surface area contributed by atoms with Crippen LogP contribution in [0.1, 0.15) is 5.56 Å². The van der Waals surface area contributed by atoms with Gasteiger partial charge in [-0.2, -0.15) is 0 Å². The van der Waals surface area contributed by atoms with Gasteiger partial charge in [0.15, 0.2) is 0 Å². The van der Waals surface area contributed by atoms with Gasteiger partial charge >= 0.3 is 0 Å². The Kier molecular flexibility index (Phi) is 7.20. The van der Waals surface area contributed by atoms with E-state index in [0.717, 1.165) is 0 Å². The average molecular weight is 777 g/mol. The van der Waals surface area contributed by atoms with Crippen molar-refractivity contribution in [3.8, 4) is 66.8 Å². The highest BCUT2D eigenvalue weighted by molar-refractivity contribution is 7.26. The first-order valence-electron chi connectivity index (χ1n) is 20.8. The van der Waals surface area contributed by atoms with Crippen LogP contribution in [0.4, 0.5) is 0 Å². The molecule has 0 atom stereocenters. The Bertz CT molecular complexity index is 3750. The summed E-state index contributed by atoms with van der Waals surface area (Å²) in [5.74, 6) is 0. The molecule has 0 N–H and O–H groups in total. The first kappa shape index (κ1) is 33.6. The number of hydrogen-bond donors (Lipinski definition) is 0. The van der Waals surface area contributed by atoms with Gasteiger partial charge in [-0.1, -0.05) is 181 Å². The molecule has 0 radical (unpaired) electrons. The fourth-order valence-corrected chi connectivity index (χ4v) is 11.6. The van der Waals surface area contributed by atoms with Gasteiger partial charge in [0.1, 0.15) is 0 Å². The first-order chi connectivity index (χ1) is 29.7. The molecule has 0 amide bonds. The Morgan fingerprint density at radius 1 is 0.300 bits per heavy atom. The normalized spacial score (nSPS) is 12.1. The Morgan fingerprint density at radius 2 is 0.883 bits per heavy atom. The van der Waals surface area contributed by atoms with Gasteiger partial charge in [-0.3, -0.25) is 0 Å². The number of aryl methyl sites for hydroxylation is 1. The molecule has 13 rings (SSSR count). The number of hydrogen-bond acceptors (Lipinski definition) is 1. The second-order valence-electron chi connectivity index (χ2n) is 16.4. The predicted octanol–water partition coefficient (Wildman–Crippen LogP) is 17.3. The summed E-state index contributed by atoms with van der Waals surface area (Å²) in [7, 11) is 0. The minimum Gasteiger partial charge on any atom is -0.135 e. The van der Waals surface area contributed by atoms with Crippen molar-refractivity contribution in [3.63, 3.8) is 0 Å². The molecule has 12 aromatic rings. The van der Waals surface area contributed by atoms with Crippen LogP contribution < -0.4 is 0 Å². The first-order valence-corrected chi connectivity index (χ1v) is 21.7. The third-order valence-electron chi connectivity index (χ3n) is 13.0. The molecule has 0 fully saturated rings. The Hall–Kier alpha value is -7.32. The molecule has 0 aliphatic heterocycles. The van der Waals surface area contributed by atoms with E-state index in [1.165, 1.54) is 136 Å². The molecule has 0 saturated heterocycles. The lowest BCUT2D eigenvalue weighted by Gasteiger charge is -2.20. The third kappa shape index (κ3) is 4.79. The van der Waals surface area contributed by atoms with Crippen LogP contribution >= 0.6 is 11.3 Å². The van der Waals surface area contributed by atoms with Gasteiger partial charge in [-0.15, -0.1) is 11.3 Å². The molecule has 0 saturated carbocycles. The molecule has 1 aliphatic rings. The van der Waals surface area contributed by atoms with Gasteiger partial charge in [-0.25, -0.2) is 0 Å². The minimum atomic E-state index is 1.24. The van der Waals surface area contributed by atoms with E-state index in [1.54, 1.807) is 0 Å². The molecule has 0 nitrogen and oxygen atoms in total. The van der Waals surface area contributed by atoms with Crippen LogP contribution in [0.15, 0.2) is 200 Å². The van der Waals surface area contributed by atoms with Crippen LogP contribution in [-0.4, -0.2) is 0 Å². The lowest BCUT2D eigenvalue weighted by molar-refractivity contribution is 1.47. The largest absolute Gasteiger partial charge is 0.135 e. The van der Waals surface area contributed by atoms with Gasteiger partial charge < -0.3 is 0 Å². The highest BCUT2D eigenvalue weighted by Gasteiger charge is 2.31. The molecule has 1 heterocycles. The van der Waals surface area contributed by atoms with E-state index < -0.39 is 0 Å². The fraction of sp³-hybridized carbons (Fsp3) is 0.0169. The molecule has 278 valence electrons. The van der Waals surface area contributed by atoms with Gasteiger partial charge in [0, 0.05) is 25.7 Å². The maximum absolute atomic E-state index is 2.49. The summed E-state index contributed by atoms with van der Waals surface area (Å²) < 4.78 is 2.65. The topological polar surface area (TPSA) is 0 Å². The van der Waals surface area contributed by atoms with Crippen molar-refractivity contribution < 1.29 is 0 Å². The fourth-order valence-electron chi connectivity index (χ4n) is 10.4. The number of benzene rings is 11. The summed E-state index contributed by atoms with van der Waals surface area (Å²) in [6.45, 7) is 2.17. The smallest absolute Gasteiger partial charge is 0.0434 e. The Morgan fingerprint density at radius 3 is 1.65 bits per heavy atom. The van der Waals surface area contributed by atoms with E-state index in [-0.39, 0.29) is 0 Å². The summed E-state index contributed by atoms with van der Waals surface area (Å²) in [5, 5.41) is 12.9. The van der Waals surface area contributed by atoms with Gasteiger partial charge in [0.25, 0.3) is 0 Å². The van der Waals surface area contributed by atoms with Crippen molar-refractivity contribution in [2.45, 2.75) is 6.92 Å². The average Bonchev–Trinajstić information content (AvgIpc) is 3.85. The van der Waals surface area contributed by atoms with Crippen LogP contribution in [-0.2, 0) is 0 Å². The molecule has 11 aromatic carbocycles. The lowest BCUT2D eigenvalue weighted by atomic mass is 9.82. The van der Waals surface area contributed by atoms with Crippen molar-refractivity contribution in [2.75, 3.05) is 0 Å². The van der Waals surface area contributed by atoms with Gasteiger partial charge in [0.05, 0.1) is 0 Å². The highest BCUT2D eigenvalue weighted by Crippen LogP contribution is 2.59. The maximum Gasteiger partial charge on any atom is 0.0434 e. The SMILES string of the molecule is Cc1ccc(-c2c3c(c(-c4ccccc4)c4ccccc24)-c2cccc4c(-c5cc(-c6cc7ccccc7c7ccccc67)cc6c5sc5ccccc56)ccc-3c24)cc1. The quantitative estimate of drug-likeness (QED) is 0.156. The molecule has 0 bridgehead atoms. The molecule has 1 aromatic heterocycles. The van der Waals surface area contributed by atoms with Crippen molar-refractivity contribution in [1.82, 2.24) is 0 Å². The minimum absolute atomic E-state index is 1.24. The van der Waals surface area contributed by atoms with Crippen molar-refractivity contribution in [3.05, 3.63) is 206 Å². The molecular weight excluding hydrogens is 741 g/mol. The lowest BCUT2D eigenvalue weighted by Crippen LogP contribution is -1.93. The molecule has 0 unspecified atom stereocenters. The molecular formula is C59H36S. The number of fused-ring (bicyclic) bond motifs is 10. The third-order valence-corrected chi connectivity index (χ3v) is 14.3. The standard InChI is InChI=1S/C59H36S/c1-35-26-28-37(29-27-35)55-47-22-10-9-21-46(47)54(36-14-3-2-4-15-36)57-48-24-13-23-45-43(30-31-49(56(45)48)58(55)57)51-33-39(34-52-44-20-11-12-25-53(44)60-59(51)52)50-32-38-16-5-6-17-40(38)41-18-7-8-19-42(41)50/h2-34H,1H3. The highest BCUT2D eigenvalue weighted by atomic mass is 32.1. The van der Waals surface area contributed by atoms with E-state index in [9.17, 15) is 0 Å². The van der Waals surface area contributed by atoms with Gasteiger partial charge in [-0.05, 0) is 135 Å². The van der Waals surface area contributed by atoms with Crippen LogP contribution in [0, 0.1) is 6.92 Å². The number of rotatable bonds is 4.